The van der Waals surface area contributed by atoms with Crippen LogP contribution in [0.4, 0.5) is 11.4 Å². The highest BCUT2D eigenvalue weighted by molar-refractivity contribution is 5.57. The highest BCUT2D eigenvalue weighted by atomic mass is 16.6. The van der Waals surface area contributed by atoms with Gasteiger partial charge in [0.2, 0.25) is 0 Å². The van der Waals surface area contributed by atoms with Gasteiger partial charge < -0.3 is 11.1 Å². The van der Waals surface area contributed by atoms with Crippen LogP contribution in [0, 0.1) is 17.0 Å². The molecule has 0 aliphatic heterocycles. The molecule has 1 fully saturated rings. The van der Waals surface area contributed by atoms with Gasteiger partial charge in [0, 0.05) is 29.9 Å². The Morgan fingerprint density at radius 3 is 2.82 bits per heavy atom. The molecule has 1 saturated carbocycles. The lowest BCUT2D eigenvalue weighted by atomic mass is 10.1. The third kappa shape index (κ3) is 2.74. The van der Waals surface area contributed by atoms with Crippen molar-refractivity contribution in [1.29, 1.82) is 0 Å². The van der Waals surface area contributed by atoms with Gasteiger partial charge >= 0.3 is 0 Å². The molecule has 1 aromatic rings. The van der Waals surface area contributed by atoms with Crippen LogP contribution < -0.4 is 11.1 Å². The number of hydrogen-bond acceptors (Lipinski definition) is 4. The van der Waals surface area contributed by atoms with Gasteiger partial charge in [0.05, 0.1) is 4.92 Å². The van der Waals surface area contributed by atoms with E-state index in [-0.39, 0.29) is 16.7 Å². The van der Waals surface area contributed by atoms with E-state index in [4.69, 9.17) is 5.73 Å². The zero-order valence-electron chi connectivity index (χ0n) is 9.85. The van der Waals surface area contributed by atoms with E-state index in [1.807, 2.05) is 6.92 Å². The van der Waals surface area contributed by atoms with Crippen LogP contribution in [0.2, 0.25) is 0 Å². The maximum absolute atomic E-state index is 10.7. The Kier molecular flexibility index (Phi) is 3.28. The van der Waals surface area contributed by atoms with Crippen LogP contribution in [0.1, 0.15) is 24.8 Å². The number of nitrogens with two attached hydrogens (primary N) is 1. The van der Waals surface area contributed by atoms with E-state index >= 15 is 0 Å². The first-order chi connectivity index (χ1) is 8.06. The zero-order chi connectivity index (χ0) is 12.4. The third-order valence-electron chi connectivity index (χ3n) is 3.26. The molecule has 2 unspecified atom stereocenters. The molecule has 0 heterocycles. The molecule has 1 aliphatic rings. The summed E-state index contributed by atoms with van der Waals surface area (Å²) in [7, 11) is 0. The second-order valence-corrected chi connectivity index (χ2v) is 4.67. The van der Waals surface area contributed by atoms with Crippen molar-refractivity contribution in [3.05, 3.63) is 33.9 Å². The molecule has 17 heavy (non-hydrogen) atoms. The molecule has 5 heteroatoms. The Balaban J connectivity index is 2.14. The number of anilines is 1. The SMILES string of the molecule is Cc1ccc([N+](=O)[O-])cc1NC1CCC(N)C1. The summed E-state index contributed by atoms with van der Waals surface area (Å²) in [6, 6.07) is 5.49. The molecule has 0 aromatic heterocycles. The average Bonchev–Trinajstić information content (AvgIpc) is 2.67. The van der Waals surface area contributed by atoms with Crippen LogP contribution in [-0.2, 0) is 0 Å². The van der Waals surface area contributed by atoms with Crippen molar-refractivity contribution < 1.29 is 4.92 Å². The summed E-state index contributed by atoms with van der Waals surface area (Å²) < 4.78 is 0. The maximum Gasteiger partial charge on any atom is 0.271 e. The van der Waals surface area contributed by atoms with Crippen molar-refractivity contribution in [3.63, 3.8) is 0 Å². The maximum atomic E-state index is 10.7. The van der Waals surface area contributed by atoms with Crippen LogP contribution in [0.15, 0.2) is 18.2 Å². The van der Waals surface area contributed by atoms with Crippen molar-refractivity contribution in [3.8, 4) is 0 Å². The average molecular weight is 235 g/mol. The largest absolute Gasteiger partial charge is 0.382 e. The van der Waals surface area contributed by atoms with Gasteiger partial charge in [0.15, 0.2) is 0 Å². The lowest BCUT2D eigenvalue weighted by molar-refractivity contribution is -0.384. The van der Waals surface area contributed by atoms with E-state index in [9.17, 15) is 10.1 Å². The van der Waals surface area contributed by atoms with Crippen molar-refractivity contribution in [2.75, 3.05) is 5.32 Å². The highest BCUT2D eigenvalue weighted by Crippen LogP contribution is 2.26. The molecule has 0 spiro atoms. The number of nitro benzene ring substituents is 1. The molecular formula is C12H17N3O2. The second-order valence-electron chi connectivity index (χ2n) is 4.67. The number of nitrogens with zero attached hydrogens (tertiary/aromatic N) is 1. The van der Waals surface area contributed by atoms with Gasteiger partial charge in [-0.05, 0) is 31.7 Å². The predicted molar refractivity (Wildman–Crippen MR) is 67.1 cm³/mol. The van der Waals surface area contributed by atoms with E-state index in [1.165, 1.54) is 6.07 Å². The molecule has 2 rings (SSSR count). The minimum Gasteiger partial charge on any atom is -0.382 e. The molecule has 5 nitrogen and oxygen atoms in total. The first-order valence-corrected chi connectivity index (χ1v) is 5.83. The summed E-state index contributed by atoms with van der Waals surface area (Å²) in [5, 5.41) is 14.1. The first kappa shape index (κ1) is 11.9. The number of hydrogen-bond donors (Lipinski definition) is 2. The van der Waals surface area contributed by atoms with Gasteiger partial charge in [-0.3, -0.25) is 10.1 Å². The number of nitro groups is 1. The van der Waals surface area contributed by atoms with E-state index in [2.05, 4.69) is 5.32 Å². The lowest BCUT2D eigenvalue weighted by Gasteiger charge is -2.15. The summed E-state index contributed by atoms with van der Waals surface area (Å²) in [5.41, 5.74) is 7.84. The fraction of sp³-hybridized carbons (Fsp3) is 0.500. The van der Waals surface area contributed by atoms with Gasteiger partial charge in [-0.25, -0.2) is 0 Å². The number of rotatable bonds is 3. The normalized spacial score (nSPS) is 23.6. The van der Waals surface area contributed by atoms with E-state index in [0.29, 0.717) is 6.04 Å². The fourth-order valence-electron chi connectivity index (χ4n) is 2.25. The Hall–Kier alpha value is -1.62. The summed E-state index contributed by atoms with van der Waals surface area (Å²) in [6.45, 7) is 1.95. The van der Waals surface area contributed by atoms with Crippen LogP contribution in [0.5, 0.6) is 0 Å². The van der Waals surface area contributed by atoms with Crippen LogP contribution in [0.3, 0.4) is 0 Å². The first-order valence-electron chi connectivity index (χ1n) is 5.83. The smallest absolute Gasteiger partial charge is 0.271 e. The Morgan fingerprint density at radius 1 is 1.47 bits per heavy atom. The molecule has 0 radical (unpaired) electrons. The second kappa shape index (κ2) is 4.71. The standard InChI is InChI=1S/C12H17N3O2/c1-8-2-5-11(15(16)17)7-12(8)14-10-4-3-9(13)6-10/h2,5,7,9-10,14H,3-4,6,13H2,1H3. The van der Waals surface area contributed by atoms with Crippen molar-refractivity contribution >= 4 is 11.4 Å². The molecule has 0 amide bonds. The van der Waals surface area contributed by atoms with Crippen LogP contribution >= 0.6 is 0 Å². The number of aryl methyl sites for hydroxylation is 1. The molecule has 1 aliphatic carbocycles. The van der Waals surface area contributed by atoms with Crippen molar-refractivity contribution in [2.24, 2.45) is 5.73 Å². The summed E-state index contributed by atoms with van der Waals surface area (Å²) in [5.74, 6) is 0. The molecule has 0 saturated heterocycles. The van der Waals surface area contributed by atoms with E-state index in [0.717, 1.165) is 30.5 Å². The number of nitrogens with one attached hydrogen (secondary N) is 1. The van der Waals surface area contributed by atoms with Gasteiger partial charge in [0.1, 0.15) is 0 Å². The van der Waals surface area contributed by atoms with Crippen molar-refractivity contribution in [1.82, 2.24) is 0 Å². The van der Waals surface area contributed by atoms with E-state index in [1.54, 1.807) is 12.1 Å². The van der Waals surface area contributed by atoms with Gasteiger partial charge in [-0.15, -0.1) is 0 Å². The molecular weight excluding hydrogens is 218 g/mol. The Morgan fingerprint density at radius 2 is 2.24 bits per heavy atom. The molecule has 3 N–H and O–H groups in total. The minimum absolute atomic E-state index is 0.125. The number of non-ortho nitro benzene ring substituents is 1. The molecule has 1 aromatic carbocycles. The molecule has 0 bridgehead atoms. The highest BCUT2D eigenvalue weighted by Gasteiger charge is 2.22. The van der Waals surface area contributed by atoms with Crippen LogP contribution in [-0.4, -0.2) is 17.0 Å². The Bertz CT molecular complexity index is 434. The number of benzene rings is 1. The Labute approximate surface area is 100 Å². The fourth-order valence-corrected chi connectivity index (χ4v) is 2.25. The van der Waals surface area contributed by atoms with E-state index < -0.39 is 0 Å². The third-order valence-corrected chi connectivity index (χ3v) is 3.26. The van der Waals surface area contributed by atoms with Crippen molar-refractivity contribution in [2.45, 2.75) is 38.3 Å². The molecule has 92 valence electrons. The molecule has 2 atom stereocenters. The summed E-state index contributed by atoms with van der Waals surface area (Å²) in [6.07, 6.45) is 2.98. The summed E-state index contributed by atoms with van der Waals surface area (Å²) >= 11 is 0. The zero-order valence-corrected chi connectivity index (χ0v) is 9.85. The monoisotopic (exact) mass is 235 g/mol. The predicted octanol–water partition coefficient (Wildman–Crippen LogP) is 2.19. The van der Waals surface area contributed by atoms with Gasteiger partial charge in [-0.1, -0.05) is 6.07 Å². The van der Waals surface area contributed by atoms with Gasteiger partial charge in [0.25, 0.3) is 5.69 Å². The van der Waals surface area contributed by atoms with Gasteiger partial charge in [-0.2, -0.15) is 0 Å². The summed E-state index contributed by atoms with van der Waals surface area (Å²) in [4.78, 5) is 10.3. The topological polar surface area (TPSA) is 81.2 Å². The quantitative estimate of drug-likeness (QED) is 0.621. The van der Waals surface area contributed by atoms with Crippen LogP contribution in [0.25, 0.3) is 0 Å². The lowest BCUT2D eigenvalue weighted by Crippen LogP contribution is -2.21. The minimum atomic E-state index is -0.370.